The largest absolute Gasteiger partial charge is 0.378 e. The number of ether oxygens (including phenoxy) is 1. The van der Waals surface area contributed by atoms with Crippen LogP contribution in [-0.4, -0.2) is 23.5 Å². The van der Waals surface area contributed by atoms with E-state index in [2.05, 4.69) is 4.98 Å². The molecule has 0 aliphatic carbocycles. The van der Waals surface area contributed by atoms with Gasteiger partial charge in [0.2, 0.25) is 0 Å². The number of carbonyl (C=O) groups is 1. The van der Waals surface area contributed by atoms with Crippen molar-refractivity contribution in [1.29, 1.82) is 0 Å². The molecule has 1 atom stereocenters. The third-order valence-corrected chi connectivity index (χ3v) is 2.90. The summed E-state index contributed by atoms with van der Waals surface area (Å²) in [4.78, 5) is 15.8. The maximum Gasteiger partial charge on any atom is 0.181 e. The number of hydrogen-bond donors (Lipinski definition) is 0. The molecule has 1 aromatic rings. The molecule has 3 nitrogen and oxygen atoms in total. The second-order valence-corrected chi connectivity index (χ2v) is 4.17. The fourth-order valence-corrected chi connectivity index (χ4v) is 2.02. The van der Waals surface area contributed by atoms with E-state index >= 15 is 0 Å². The van der Waals surface area contributed by atoms with Gasteiger partial charge in [-0.3, -0.25) is 9.78 Å². The molecular formula is C13H17NO2. The molecule has 1 saturated heterocycles. The van der Waals surface area contributed by atoms with Crippen molar-refractivity contribution in [3.05, 3.63) is 30.1 Å². The van der Waals surface area contributed by atoms with E-state index in [1.807, 2.05) is 12.1 Å². The second kappa shape index (κ2) is 5.75. The molecule has 3 heteroatoms. The van der Waals surface area contributed by atoms with Crippen LogP contribution in [0.5, 0.6) is 0 Å². The number of nitrogens with zero attached hydrogens (tertiary/aromatic N) is 1. The quantitative estimate of drug-likeness (QED) is 0.714. The lowest BCUT2D eigenvalue weighted by Crippen LogP contribution is -2.07. The average molecular weight is 219 g/mol. The summed E-state index contributed by atoms with van der Waals surface area (Å²) in [7, 11) is 0. The van der Waals surface area contributed by atoms with Gasteiger partial charge < -0.3 is 4.74 Å². The van der Waals surface area contributed by atoms with E-state index in [0.29, 0.717) is 18.2 Å². The molecule has 86 valence electrons. The van der Waals surface area contributed by atoms with Crippen LogP contribution < -0.4 is 0 Å². The molecule has 2 rings (SSSR count). The number of carbonyl (C=O) groups excluding carboxylic acids is 1. The van der Waals surface area contributed by atoms with E-state index < -0.39 is 0 Å². The maximum absolute atomic E-state index is 11.7. The first-order valence-electron chi connectivity index (χ1n) is 5.92. The zero-order valence-electron chi connectivity index (χ0n) is 9.39. The number of ketones is 1. The molecule has 0 spiro atoms. The van der Waals surface area contributed by atoms with Crippen LogP contribution in [0.3, 0.4) is 0 Å². The van der Waals surface area contributed by atoms with Crippen LogP contribution >= 0.6 is 0 Å². The van der Waals surface area contributed by atoms with Gasteiger partial charge in [0.15, 0.2) is 5.78 Å². The Balaban J connectivity index is 1.71. The van der Waals surface area contributed by atoms with Crippen molar-refractivity contribution in [3.8, 4) is 0 Å². The zero-order chi connectivity index (χ0) is 11.2. The highest BCUT2D eigenvalue weighted by Gasteiger charge is 2.15. The van der Waals surface area contributed by atoms with Gasteiger partial charge in [-0.15, -0.1) is 0 Å². The Kier molecular flexibility index (Phi) is 4.05. The van der Waals surface area contributed by atoms with Crippen LogP contribution in [0.1, 0.15) is 42.6 Å². The molecule has 0 radical (unpaired) electrons. The monoisotopic (exact) mass is 219 g/mol. The van der Waals surface area contributed by atoms with Gasteiger partial charge in [0.05, 0.1) is 6.10 Å². The van der Waals surface area contributed by atoms with E-state index in [1.54, 1.807) is 12.3 Å². The van der Waals surface area contributed by atoms with Gasteiger partial charge in [-0.25, -0.2) is 0 Å². The van der Waals surface area contributed by atoms with E-state index in [0.717, 1.165) is 25.9 Å². The summed E-state index contributed by atoms with van der Waals surface area (Å²) >= 11 is 0. The summed E-state index contributed by atoms with van der Waals surface area (Å²) in [6.07, 6.45) is 6.84. The van der Waals surface area contributed by atoms with Crippen LogP contribution in [0.2, 0.25) is 0 Å². The average Bonchev–Trinajstić information content (AvgIpc) is 2.83. The van der Waals surface area contributed by atoms with Crippen molar-refractivity contribution in [3.63, 3.8) is 0 Å². The molecule has 0 bridgehead atoms. The Labute approximate surface area is 95.8 Å². The highest BCUT2D eigenvalue weighted by atomic mass is 16.5. The first-order valence-corrected chi connectivity index (χ1v) is 5.92. The molecule has 0 aromatic carbocycles. The molecule has 16 heavy (non-hydrogen) atoms. The molecule has 1 aliphatic heterocycles. The molecule has 1 unspecified atom stereocenters. The van der Waals surface area contributed by atoms with Crippen LogP contribution in [0, 0.1) is 0 Å². The van der Waals surface area contributed by atoms with Gasteiger partial charge in [0.1, 0.15) is 5.69 Å². The Morgan fingerprint density at radius 1 is 1.50 bits per heavy atom. The lowest BCUT2D eigenvalue weighted by Gasteiger charge is -2.07. The fraction of sp³-hybridized carbons (Fsp3) is 0.538. The molecule has 1 fully saturated rings. The van der Waals surface area contributed by atoms with E-state index in [4.69, 9.17) is 4.74 Å². The number of Topliss-reactive ketones (excluding diaryl/α,β-unsaturated/α-hetero) is 1. The molecule has 0 amide bonds. The summed E-state index contributed by atoms with van der Waals surface area (Å²) in [5.41, 5.74) is 0.579. The maximum atomic E-state index is 11.7. The summed E-state index contributed by atoms with van der Waals surface area (Å²) in [5.74, 6) is 0.138. The SMILES string of the molecule is O=C(CCCC1CCCO1)c1ccccn1. The van der Waals surface area contributed by atoms with Crippen LogP contribution in [0.25, 0.3) is 0 Å². The molecule has 2 heterocycles. The van der Waals surface area contributed by atoms with Crippen molar-refractivity contribution >= 4 is 5.78 Å². The number of rotatable bonds is 5. The molecular weight excluding hydrogens is 202 g/mol. The standard InChI is InChI=1S/C13H17NO2/c15-13(12-7-1-2-9-14-12)8-3-5-11-6-4-10-16-11/h1-2,7,9,11H,3-6,8,10H2. The van der Waals surface area contributed by atoms with Crippen LogP contribution in [-0.2, 0) is 4.74 Å². The lowest BCUT2D eigenvalue weighted by atomic mass is 10.1. The third kappa shape index (κ3) is 3.14. The highest BCUT2D eigenvalue weighted by Crippen LogP contribution is 2.18. The zero-order valence-corrected chi connectivity index (χ0v) is 9.39. The molecule has 1 aromatic heterocycles. The van der Waals surface area contributed by atoms with Crippen molar-refractivity contribution in [2.75, 3.05) is 6.61 Å². The predicted molar refractivity (Wildman–Crippen MR) is 61.4 cm³/mol. The minimum absolute atomic E-state index is 0.138. The minimum Gasteiger partial charge on any atom is -0.378 e. The smallest absolute Gasteiger partial charge is 0.181 e. The van der Waals surface area contributed by atoms with Crippen molar-refractivity contribution < 1.29 is 9.53 Å². The predicted octanol–water partition coefficient (Wildman–Crippen LogP) is 2.61. The normalized spacial score (nSPS) is 19.9. The van der Waals surface area contributed by atoms with Gasteiger partial charge in [-0.05, 0) is 37.8 Å². The van der Waals surface area contributed by atoms with Gasteiger partial charge in [0.25, 0.3) is 0 Å². The van der Waals surface area contributed by atoms with E-state index in [9.17, 15) is 4.79 Å². The number of hydrogen-bond acceptors (Lipinski definition) is 3. The first kappa shape index (κ1) is 11.3. The number of pyridine rings is 1. The second-order valence-electron chi connectivity index (χ2n) is 4.17. The first-order chi connectivity index (χ1) is 7.86. The Morgan fingerprint density at radius 2 is 2.44 bits per heavy atom. The topological polar surface area (TPSA) is 39.2 Å². The van der Waals surface area contributed by atoms with E-state index in [1.165, 1.54) is 6.42 Å². The molecule has 0 N–H and O–H groups in total. The summed E-state index contributed by atoms with van der Waals surface area (Å²) in [6, 6.07) is 5.44. The summed E-state index contributed by atoms with van der Waals surface area (Å²) in [6.45, 7) is 0.888. The van der Waals surface area contributed by atoms with Crippen LogP contribution in [0.4, 0.5) is 0 Å². The van der Waals surface area contributed by atoms with Crippen molar-refractivity contribution in [2.45, 2.75) is 38.2 Å². The highest BCUT2D eigenvalue weighted by molar-refractivity contribution is 5.94. The van der Waals surface area contributed by atoms with Gasteiger partial charge >= 0.3 is 0 Å². The van der Waals surface area contributed by atoms with Crippen molar-refractivity contribution in [2.24, 2.45) is 0 Å². The van der Waals surface area contributed by atoms with E-state index in [-0.39, 0.29) is 5.78 Å². The molecule has 1 aliphatic rings. The molecule has 0 saturated carbocycles. The lowest BCUT2D eigenvalue weighted by molar-refractivity contribution is 0.0919. The Bertz CT molecular complexity index is 331. The Morgan fingerprint density at radius 3 is 3.12 bits per heavy atom. The number of aromatic nitrogens is 1. The van der Waals surface area contributed by atoms with Gasteiger partial charge in [-0.2, -0.15) is 0 Å². The van der Waals surface area contributed by atoms with Gasteiger partial charge in [-0.1, -0.05) is 6.07 Å². The third-order valence-electron chi connectivity index (χ3n) is 2.90. The van der Waals surface area contributed by atoms with Gasteiger partial charge in [0, 0.05) is 19.2 Å². The van der Waals surface area contributed by atoms with Crippen LogP contribution in [0.15, 0.2) is 24.4 Å². The Hall–Kier alpha value is -1.22. The van der Waals surface area contributed by atoms with Crippen molar-refractivity contribution in [1.82, 2.24) is 4.98 Å². The fourth-order valence-electron chi connectivity index (χ4n) is 2.02. The summed E-state index contributed by atoms with van der Waals surface area (Å²) < 4.78 is 5.51. The summed E-state index contributed by atoms with van der Waals surface area (Å²) in [5, 5.41) is 0. The minimum atomic E-state index is 0.138.